The molecule has 0 bridgehead atoms. The zero-order valence-corrected chi connectivity index (χ0v) is 17.8. The molecule has 4 heterocycles. The Morgan fingerprint density at radius 1 is 1.26 bits per heavy atom. The second-order valence-electron chi connectivity index (χ2n) is 7.67. The molecule has 9 nitrogen and oxygen atoms in total. The number of hydrogen-bond donors (Lipinski definition) is 1. The number of anilines is 1. The highest BCUT2D eigenvalue weighted by molar-refractivity contribution is 7.89. The molecule has 0 radical (unpaired) electrons. The van der Waals surface area contributed by atoms with Crippen molar-refractivity contribution in [2.24, 2.45) is 0 Å². The minimum atomic E-state index is -3.57. The lowest BCUT2D eigenvalue weighted by Crippen LogP contribution is -2.44. The second-order valence-corrected chi connectivity index (χ2v) is 9.53. The van der Waals surface area contributed by atoms with Gasteiger partial charge in [-0.1, -0.05) is 0 Å². The van der Waals surface area contributed by atoms with E-state index in [1.807, 2.05) is 13.0 Å². The summed E-state index contributed by atoms with van der Waals surface area (Å²) in [5, 5.41) is 11.0. The number of nitriles is 1. The fraction of sp³-hybridized carbons (Fsp3) is 0.286. The van der Waals surface area contributed by atoms with Gasteiger partial charge in [-0.2, -0.15) is 5.26 Å². The summed E-state index contributed by atoms with van der Waals surface area (Å²) in [7, 11) is -3.57. The molecule has 0 aliphatic carbocycles. The molecule has 4 aromatic rings. The van der Waals surface area contributed by atoms with Crippen molar-refractivity contribution in [1.82, 2.24) is 18.9 Å². The molecule has 5 rings (SSSR count). The van der Waals surface area contributed by atoms with Crippen molar-refractivity contribution in [1.29, 1.82) is 5.26 Å². The Kier molecular flexibility index (Phi) is 4.46. The van der Waals surface area contributed by atoms with Crippen LogP contribution < -0.4 is 4.90 Å². The monoisotopic (exact) mass is 436 g/mol. The molecule has 1 N–H and O–H groups in total. The van der Waals surface area contributed by atoms with Crippen LogP contribution in [0.15, 0.2) is 36.7 Å². The number of nitrogens with one attached hydrogen (secondary N) is 1. The Bertz CT molecular complexity index is 1460. The molecular weight excluding hydrogens is 416 g/mol. The predicted molar refractivity (Wildman–Crippen MR) is 117 cm³/mol. The van der Waals surface area contributed by atoms with Crippen molar-refractivity contribution in [3.8, 4) is 17.5 Å². The first-order chi connectivity index (χ1) is 14.9. The van der Waals surface area contributed by atoms with Crippen LogP contribution in [0.1, 0.15) is 12.5 Å². The largest absolute Gasteiger partial charge is 0.377 e. The van der Waals surface area contributed by atoms with Crippen molar-refractivity contribution in [3.05, 3.63) is 42.2 Å². The van der Waals surface area contributed by atoms with Crippen LogP contribution in [0.25, 0.3) is 33.3 Å². The molecule has 31 heavy (non-hydrogen) atoms. The van der Waals surface area contributed by atoms with Crippen LogP contribution in [0.5, 0.6) is 0 Å². The van der Waals surface area contributed by atoms with Gasteiger partial charge in [-0.3, -0.25) is 0 Å². The summed E-state index contributed by atoms with van der Waals surface area (Å²) in [6.07, 6.45) is 4.44. The van der Waals surface area contributed by atoms with Crippen LogP contribution in [-0.2, 0) is 14.8 Å². The molecule has 158 valence electrons. The first-order valence-corrected chi connectivity index (χ1v) is 11.7. The van der Waals surface area contributed by atoms with Crippen molar-refractivity contribution >= 4 is 37.8 Å². The van der Waals surface area contributed by atoms with E-state index < -0.39 is 10.0 Å². The van der Waals surface area contributed by atoms with Gasteiger partial charge < -0.3 is 14.6 Å². The molecule has 0 spiro atoms. The number of fused-ring (bicyclic) bond motifs is 2. The van der Waals surface area contributed by atoms with Crippen LogP contribution in [0.2, 0.25) is 0 Å². The lowest BCUT2D eigenvalue weighted by Gasteiger charge is -2.34. The highest BCUT2D eigenvalue weighted by Gasteiger charge is 2.26. The standard InChI is InChI=1S/C21H20N6O3S/c1-13-12-30-8-7-26(13)20-16-4-6-27(31(2,28)29)21(16)25-19(24-20)17-9-14(11-22)10-18-15(17)3-5-23-18/h3-6,9-10,13,23H,7-8,12H2,1-2H3/t13-/m1/s1. The van der Waals surface area contributed by atoms with Gasteiger partial charge in [0.15, 0.2) is 11.5 Å². The average Bonchev–Trinajstić information content (AvgIpc) is 3.39. The number of nitrogens with zero attached hydrogens (tertiary/aromatic N) is 5. The van der Waals surface area contributed by atoms with Crippen LogP contribution in [0.4, 0.5) is 5.82 Å². The van der Waals surface area contributed by atoms with E-state index in [-0.39, 0.29) is 6.04 Å². The van der Waals surface area contributed by atoms with Gasteiger partial charge in [0.2, 0.25) is 10.0 Å². The topological polar surface area (TPSA) is 117 Å². The van der Waals surface area contributed by atoms with Gasteiger partial charge in [-0.05, 0) is 31.2 Å². The third kappa shape index (κ3) is 3.22. The summed E-state index contributed by atoms with van der Waals surface area (Å²) >= 11 is 0. The molecule has 1 aromatic carbocycles. The highest BCUT2D eigenvalue weighted by atomic mass is 32.2. The van der Waals surface area contributed by atoms with Gasteiger partial charge >= 0.3 is 0 Å². The van der Waals surface area contributed by atoms with E-state index in [0.717, 1.165) is 17.2 Å². The predicted octanol–water partition coefficient (Wildman–Crippen LogP) is 2.48. The van der Waals surface area contributed by atoms with Crippen LogP contribution in [0.3, 0.4) is 0 Å². The van der Waals surface area contributed by atoms with Gasteiger partial charge in [-0.25, -0.2) is 22.4 Å². The SMILES string of the molecule is C[C@@H]1COCCN1c1nc(-c2cc(C#N)cc3[nH]ccc23)nc2c1ccn2S(C)(=O)=O. The van der Waals surface area contributed by atoms with Gasteiger partial charge in [0.05, 0.1) is 42.5 Å². The van der Waals surface area contributed by atoms with Crippen molar-refractivity contribution in [3.63, 3.8) is 0 Å². The van der Waals surface area contributed by atoms with Crippen LogP contribution >= 0.6 is 0 Å². The Labute approximate surface area is 178 Å². The quantitative estimate of drug-likeness (QED) is 0.524. The van der Waals surface area contributed by atoms with E-state index in [2.05, 4.69) is 20.9 Å². The number of hydrogen-bond acceptors (Lipinski definition) is 7. The highest BCUT2D eigenvalue weighted by Crippen LogP contribution is 2.34. The molecular formula is C21H20N6O3S. The molecule has 10 heteroatoms. The van der Waals surface area contributed by atoms with Crippen molar-refractivity contribution in [2.45, 2.75) is 13.0 Å². The van der Waals surface area contributed by atoms with Crippen LogP contribution in [0, 0.1) is 11.3 Å². The van der Waals surface area contributed by atoms with E-state index in [9.17, 15) is 13.7 Å². The van der Waals surface area contributed by atoms with Crippen molar-refractivity contribution < 1.29 is 13.2 Å². The van der Waals surface area contributed by atoms with Crippen LogP contribution in [-0.4, -0.2) is 59.4 Å². The summed E-state index contributed by atoms with van der Waals surface area (Å²) < 4.78 is 31.5. The van der Waals surface area contributed by atoms with Gasteiger partial charge in [0.1, 0.15) is 5.82 Å². The maximum atomic E-state index is 12.4. The van der Waals surface area contributed by atoms with E-state index >= 15 is 0 Å². The molecule has 0 saturated carbocycles. The fourth-order valence-electron chi connectivity index (χ4n) is 4.04. The molecule has 1 fully saturated rings. The maximum absolute atomic E-state index is 12.4. The number of aromatic amines is 1. The third-order valence-corrected chi connectivity index (χ3v) is 6.54. The Morgan fingerprint density at radius 3 is 2.84 bits per heavy atom. The molecule has 1 aliphatic rings. The summed E-state index contributed by atoms with van der Waals surface area (Å²) in [6.45, 7) is 3.79. The third-order valence-electron chi connectivity index (χ3n) is 5.53. The summed E-state index contributed by atoms with van der Waals surface area (Å²) in [5.41, 5.74) is 2.24. The van der Waals surface area contributed by atoms with E-state index in [4.69, 9.17) is 9.72 Å². The Balaban J connectivity index is 1.84. The number of morpholine rings is 1. The number of aromatic nitrogens is 4. The maximum Gasteiger partial charge on any atom is 0.237 e. The first kappa shape index (κ1) is 19.5. The minimum absolute atomic E-state index is 0.0685. The summed E-state index contributed by atoms with van der Waals surface area (Å²) in [4.78, 5) is 14.8. The first-order valence-electron chi connectivity index (χ1n) is 9.82. The zero-order chi connectivity index (χ0) is 21.8. The molecule has 0 amide bonds. The Morgan fingerprint density at radius 2 is 2.10 bits per heavy atom. The Hall–Kier alpha value is -3.42. The van der Waals surface area contributed by atoms with Gasteiger partial charge in [-0.15, -0.1) is 0 Å². The molecule has 1 saturated heterocycles. The number of H-pyrrole nitrogens is 1. The van der Waals surface area contributed by atoms with Gasteiger partial charge in [0.25, 0.3) is 0 Å². The number of benzene rings is 1. The number of rotatable bonds is 3. The molecule has 0 unspecified atom stereocenters. The second kappa shape index (κ2) is 7.08. The fourth-order valence-corrected chi connectivity index (χ4v) is 4.78. The summed E-state index contributed by atoms with van der Waals surface area (Å²) in [5.74, 6) is 1.02. The van der Waals surface area contributed by atoms with E-state index in [1.165, 1.54) is 10.2 Å². The summed E-state index contributed by atoms with van der Waals surface area (Å²) in [6, 6.07) is 9.36. The van der Waals surface area contributed by atoms with Crippen molar-refractivity contribution in [2.75, 3.05) is 30.9 Å². The van der Waals surface area contributed by atoms with Gasteiger partial charge in [0, 0.05) is 35.4 Å². The normalized spacial score (nSPS) is 17.3. The van der Waals surface area contributed by atoms with E-state index in [1.54, 1.807) is 24.4 Å². The minimum Gasteiger partial charge on any atom is -0.377 e. The lowest BCUT2D eigenvalue weighted by molar-refractivity contribution is 0.0987. The number of ether oxygens (including phenoxy) is 1. The average molecular weight is 436 g/mol. The molecule has 1 aliphatic heterocycles. The lowest BCUT2D eigenvalue weighted by atomic mass is 10.1. The van der Waals surface area contributed by atoms with E-state index in [0.29, 0.717) is 53.6 Å². The smallest absolute Gasteiger partial charge is 0.237 e. The molecule has 3 aromatic heterocycles. The molecule has 1 atom stereocenters. The zero-order valence-electron chi connectivity index (χ0n) is 17.0.